The number of nitrogens with zero attached hydrogens (tertiary/aromatic N) is 2. The first kappa shape index (κ1) is 10.1. The van der Waals surface area contributed by atoms with Gasteiger partial charge in [-0.05, 0) is 25.7 Å². The molecule has 1 heterocycles. The molecular weight excluding hydrogens is 198 g/mol. The smallest absolute Gasteiger partial charge is 0.320 e. The normalized spacial score (nSPS) is 17.7. The van der Waals surface area contributed by atoms with Crippen LogP contribution in [-0.2, 0) is 11.3 Å². The number of hydrogen-bond donors (Lipinski definition) is 2. The van der Waals surface area contributed by atoms with Crippen LogP contribution in [0.2, 0.25) is 0 Å². The molecule has 1 unspecified atom stereocenters. The zero-order valence-electron chi connectivity index (χ0n) is 8.43. The van der Waals surface area contributed by atoms with Crippen LogP contribution in [0.4, 0.5) is 0 Å². The molecule has 1 aromatic rings. The molecule has 2 N–H and O–H groups in total. The average Bonchev–Trinajstić information content (AvgIpc) is 2.90. The molecular formula is C9H13N3O3. The van der Waals surface area contributed by atoms with Crippen molar-refractivity contribution >= 4 is 5.97 Å². The number of carboxylic acids is 1. The molecule has 0 aromatic carbocycles. The zero-order valence-corrected chi connectivity index (χ0v) is 8.43. The molecule has 6 heteroatoms. The maximum Gasteiger partial charge on any atom is 0.320 e. The molecule has 0 bridgehead atoms. The van der Waals surface area contributed by atoms with Crippen molar-refractivity contribution in [2.24, 2.45) is 5.92 Å². The zero-order chi connectivity index (χ0) is 10.8. The van der Waals surface area contributed by atoms with Crippen molar-refractivity contribution in [2.75, 3.05) is 0 Å². The van der Waals surface area contributed by atoms with Gasteiger partial charge in [-0.3, -0.25) is 10.1 Å². The predicted octanol–water partition coefficient (Wildman–Crippen LogP) is 0.331. The van der Waals surface area contributed by atoms with E-state index in [2.05, 4.69) is 15.5 Å². The minimum atomic E-state index is -0.811. The van der Waals surface area contributed by atoms with E-state index in [1.165, 1.54) is 0 Å². The Morgan fingerprint density at radius 2 is 2.47 bits per heavy atom. The Hall–Kier alpha value is -1.43. The third-order valence-electron chi connectivity index (χ3n) is 2.40. The molecule has 0 amide bonds. The largest absolute Gasteiger partial charge is 0.480 e. The minimum absolute atomic E-state index is 0.256. The Kier molecular flexibility index (Phi) is 2.68. The van der Waals surface area contributed by atoms with E-state index in [0.717, 1.165) is 12.8 Å². The first-order chi connectivity index (χ1) is 7.16. The summed E-state index contributed by atoms with van der Waals surface area (Å²) in [5.41, 5.74) is 0. The average molecular weight is 211 g/mol. The van der Waals surface area contributed by atoms with Crippen molar-refractivity contribution in [3.05, 3.63) is 11.7 Å². The molecule has 0 aliphatic heterocycles. The van der Waals surface area contributed by atoms with E-state index in [-0.39, 0.29) is 5.92 Å². The van der Waals surface area contributed by atoms with E-state index in [0.29, 0.717) is 18.3 Å². The number of nitrogens with one attached hydrogen (secondary N) is 1. The van der Waals surface area contributed by atoms with Gasteiger partial charge in [0.2, 0.25) is 5.89 Å². The summed E-state index contributed by atoms with van der Waals surface area (Å²) in [6, 6.07) is -0.489. The molecule has 0 radical (unpaired) electrons. The van der Waals surface area contributed by atoms with E-state index < -0.39 is 12.0 Å². The Morgan fingerprint density at radius 1 is 1.73 bits per heavy atom. The molecule has 82 valence electrons. The van der Waals surface area contributed by atoms with Crippen LogP contribution in [0.1, 0.15) is 24.6 Å². The van der Waals surface area contributed by atoms with E-state index in [1.807, 2.05) is 0 Å². The number of aliphatic carboxylic acids is 1. The molecule has 1 saturated carbocycles. The number of carboxylic acid groups (broad SMARTS) is 1. The maximum atomic E-state index is 10.9. The van der Waals surface area contributed by atoms with Crippen molar-refractivity contribution < 1.29 is 14.4 Å². The Morgan fingerprint density at radius 3 is 2.93 bits per heavy atom. The highest BCUT2D eigenvalue weighted by molar-refractivity contribution is 5.74. The monoisotopic (exact) mass is 211 g/mol. The van der Waals surface area contributed by atoms with Gasteiger partial charge in [-0.25, -0.2) is 0 Å². The topological polar surface area (TPSA) is 88.2 Å². The lowest BCUT2D eigenvalue weighted by atomic mass is 10.2. The molecule has 1 fully saturated rings. The quantitative estimate of drug-likeness (QED) is 0.729. The van der Waals surface area contributed by atoms with Crippen LogP contribution in [0, 0.1) is 12.8 Å². The van der Waals surface area contributed by atoms with Crippen LogP contribution >= 0.6 is 0 Å². The minimum Gasteiger partial charge on any atom is -0.480 e. The van der Waals surface area contributed by atoms with Crippen LogP contribution in [0.15, 0.2) is 4.52 Å². The number of aromatic nitrogens is 2. The Labute approximate surface area is 86.7 Å². The molecule has 0 spiro atoms. The SMILES string of the molecule is Cc1noc(CNC(C(=O)O)C2CC2)n1. The lowest BCUT2D eigenvalue weighted by Gasteiger charge is -2.10. The van der Waals surface area contributed by atoms with Gasteiger partial charge in [0.1, 0.15) is 6.04 Å². The molecule has 6 nitrogen and oxygen atoms in total. The van der Waals surface area contributed by atoms with Crippen LogP contribution < -0.4 is 5.32 Å². The van der Waals surface area contributed by atoms with Gasteiger partial charge in [0.25, 0.3) is 0 Å². The Bertz CT molecular complexity index is 359. The van der Waals surface area contributed by atoms with E-state index in [1.54, 1.807) is 6.92 Å². The van der Waals surface area contributed by atoms with Crippen LogP contribution in [-0.4, -0.2) is 27.3 Å². The van der Waals surface area contributed by atoms with Gasteiger partial charge in [0, 0.05) is 0 Å². The van der Waals surface area contributed by atoms with E-state index in [9.17, 15) is 4.79 Å². The van der Waals surface area contributed by atoms with Crippen molar-refractivity contribution in [3.63, 3.8) is 0 Å². The summed E-state index contributed by atoms with van der Waals surface area (Å²) in [5.74, 6) is 0.435. The lowest BCUT2D eigenvalue weighted by molar-refractivity contribution is -0.140. The first-order valence-electron chi connectivity index (χ1n) is 4.92. The molecule has 1 aliphatic carbocycles. The van der Waals surface area contributed by atoms with Gasteiger partial charge in [0.05, 0.1) is 6.54 Å². The summed E-state index contributed by atoms with van der Waals surface area (Å²) < 4.78 is 4.88. The fraction of sp³-hybridized carbons (Fsp3) is 0.667. The number of hydrogen-bond acceptors (Lipinski definition) is 5. The second-order valence-corrected chi connectivity index (χ2v) is 3.77. The molecule has 15 heavy (non-hydrogen) atoms. The third kappa shape index (κ3) is 2.53. The number of aryl methyl sites for hydroxylation is 1. The summed E-state index contributed by atoms with van der Waals surface area (Å²) >= 11 is 0. The van der Waals surface area contributed by atoms with Crippen molar-refractivity contribution in [1.82, 2.24) is 15.5 Å². The van der Waals surface area contributed by atoms with Gasteiger partial charge in [-0.2, -0.15) is 4.98 Å². The molecule has 2 rings (SSSR count). The highest BCUT2D eigenvalue weighted by Crippen LogP contribution is 2.32. The third-order valence-corrected chi connectivity index (χ3v) is 2.40. The second-order valence-electron chi connectivity index (χ2n) is 3.77. The van der Waals surface area contributed by atoms with Gasteiger partial charge in [0.15, 0.2) is 5.82 Å². The van der Waals surface area contributed by atoms with Crippen molar-refractivity contribution in [2.45, 2.75) is 32.4 Å². The molecule has 1 aliphatic rings. The fourth-order valence-electron chi connectivity index (χ4n) is 1.49. The predicted molar refractivity (Wildman–Crippen MR) is 50.0 cm³/mol. The standard InChI is InChI=1S/C9H13N3O3/c1-5-11-7(15-12-5)4-10-8(9(13)14)6-2-3-6/h6,8,10H,2-4H2,1H3,(H,13,14). The van der Waals surface area contributed by atoms with Gasteiger partial charge in [-0.15, -0.1) is 0 Å². The highest BCUT2D eigenvalue weighted by atomic mass is 16.5. The summed E-state index contributed by atoms with van der Waals surface area (Å²) in [6.07, 6.45) is 1.96. The number of carbonyl (C=O) groups is 1. The number of rotatable bonds is 5. The summed E-state index contributed by atoms with van der Waals surface area (Å²) in [7, 11) is 0. The molecule has 0 saturated heterocycles. The van der Waals surface area contributed by atoms with Crippen LogP contribution in [0.25, 0.3) is 0 Å². The first-order valence-corrected chi connectivity index (χ1v) is 4.92. The molecule has 1 atom stereocenters. The van der Waals surface area contributed by atoms with Crippen LogP contribution in [0.5, 0.6) is 0 Å². The lowest BCUT2D eigenvalue weighted by Crippen LogP contribution is -2.38. The maximum absolute atomic E-state index is 10.9. The summed E-state index contributed by atoms with van der Waals surface area (Å²) in [5, 5.41) is 15.5. The highest BCUT2D eigenvalue weighted by Gasteiger charge is 2.35. The van der Waals surface area contributed by atoms with Crippen LogP contribution in [0.3, 0.4) is 0 Å². The van der Waals surface area contributed by atoms with Gasteiger partial charge < -0.3 is 9.63 Å². The summed E-state index contributed by atoms with van der Waals surface area (Å²) in [4.78, 5) is 14.9. The fourth-order valence-corrected chi connectivity index (χ4v) is 1.49. The Balaban J connectivity index is 1.87. The van der Waals surface area contributed by atoms with Crippen molar-refractivity contribution in [3.8, 4) is 0 Å². The molecule has 1 aromatic heterocycles. The van der Waals surface area contributed by atoms with Crippen molar-refractivity contribution in [1.29, 1.82) is 0 Å². The van der Waals surface area contributed by atoms with Gasteiger partial charge >= 0.3 is 5.97 Å². The second kappa shape index (κ2) is 3.98. The van der Waals surface area contributed by atoms with E-state index >= 15 is 0 Å². The van der Waals surface area contributed by atoms with Gasteiger partial charge in [-0.1, -0.05) is 5.16 Å². The van der Waals surface area contributed by atoms with E-state index in [4.69, 9.17) is 9.63 Å². The summed E-state index contributed by atoms with van der Waals surface area (Å²) in [6.45, 7) is 2.04.